The van der Waals surface area contributed by atoms with E-state index in [1.807, 2.05) is 59.7 Å². The molecule has 1 amide bonds. The number of hydrogen-bond acceptors (Lipinski definition) is 6. The van der Waals surface area contributed by atoms with E-state index in [0.29, 0.717) is 19.8 Å². The number of benzene rings is 2. The number of unbranched alkanes of at least 4 members (excludes halogenated alkanes) is 1. The van der Waals surface area contributed by atoms with Crippen LogP contribution < -0.4 is 14.4 Å². The molecule has 0 bridgehead atoms. The minimum atomic E-state index is -0.494. The Balaban J connectivity index is 1.43. The summed E-state index contributed by atoms with van der Waals surface area (Å²) in [5, 5.41) is 3.09. The van der Waals surface area contributed by atoms with E-state index in [2.05, 4.69) is 0 Å². The molecule has 0 saturated carbocycles. The molecule has 3 aromatic rings. The summed E-state index contributed by atoms with van der Waals surface area (Å²) in [6.07, 6.45) is 2.00. The molecular weight excluding hydrogens is 436 g/mol. The van der Waals surface area contributed by atoms with Crippen molar-refractivity contribution in [2.24, 2.45) is 0 Å². The summed E-state index contributed by atoms with van der Waals surface area (Å²) in [7, 11) is 1.69. The molecule has 0 aliphatic carbocycles. The zero-order chi connectivity index (χ0) is 23.2. The predicted molar refractivity (Wildman–Crippen MR) is 131 cm³/mol. The summed E-state index contributed by atoms with van der Waals surface area (Å²) in [6.45, 7) is 5.74. The van der Waals surface area contributed by atoms with Crippen molar-refractivity contribution >= 4 is 22.9 Å². The average molecular weight is 467 g/mol. The molecule has 0 saturated heterocycles. The number of carbonyl (C=O) groups excluding carboxylic acids is 1. The highest BCUT2D eigenvalue weighted by atomic mass is 32.1. The number of aryl methyl sites for hydroxylation is 1. The van der Waals surface area contributed by atoms with Crippen LogP contribution >= 0.6 is 11.3 Å². The van der Waals surface area contributed by atoms with Gasteiger partial charge in [-0.2, -0.15) is 0 Å². The molecule has 0 N–H and O–H groups in total. The van der Waals surface area contributed by atoms with Gasteiger partial charge in [-0.3, -0.25) is 4.79 Å². The number of nitrogens with zero attached hydrogens (tertiary/aromatic N) is 2. The molecule has 1 aliphatic heterocycles. The fourth-order valence-electron chi connectivity index (χ4n) is 3.82. The first kappa shape index (κ1) is 23.3. The van der Waals surface area contributed by atoms with Gasteiger partial charge < -0.3 is 19.1 Å². The number of amides is 1. The van der Waals surface area contributed by atoms with Gasteiger partial charge >= 0.3 is 0 Å². The van der Waals surface area contributed by atoms with E-state index < -0.39 is 6.10 Å². The van der Waals surface area contributed by atoms with Crippen molar-refractivity contribution in [2.45, 2.75) is 39.2 Å². The summed E-state index contributed by atoms with van der Waals surface area (Å²) >= 11 is 1.63. The number of aromatic nitrogens is 1. The van der Waals surface area contributed by atoms with Gasteiger partial charge in [0.15, 0.2) is 6.10 Å². The molecule has 0 fully saturated rings. The minimum absolute atomic E-state index is 0.0152. The Morgan fingerprint density at radius 2 is 2.00 bits per heavy atom. The molecule has 2 heterocycles. The molecule has 2 aromatic carbocycles. The van der Waals surface area contributed by atoms with Crippen molar-refractivity contribution in [1.82, 2.24) is 4.98 Å². The van der Waals surface area contributed by atoms with Crippen molar-refractivity contribution in [1.29, 1.82) is 0 Å². The molecule has 33 heavy (non-hydrogen) atoms. The van der Waals surface area contributed by atoms with Crippen molar-refractivity contribution in [3.8, 4) is 22.8 Å². The number of thiazole rings is 1. The fourth-order valence-corrected chi connectivity index (χ4v) is 4.61. The Morgan fingerprint density at radius 1 is 1.15 bits per heavy atom. The maximum atomic E-state index is 12.9. The second kappa shape index (κ2) is 10.8. The lowest BCUT2D eigenvalue weighted by Crippen LogP contribution is -2.45. The van der Waals surface area contributed by atoms with Gasteiger partial charge in [-0.05, 0) is 56.5 Å². The number of hydrogen-bond donors (Lipinski definition) is 0. The molecule has 0 radical (unpaired) electrons. The SMILES string of the molecule is COCCc1nc(-c2ccc3c(c2)N(CCCCOc2ccccc2C)C(=O)C(C)O3)cs1. The third kappa shape index (κ3) is 5.54. The lowest BCUT2D eigenvalue weighted by atomic mass is 10.1. The van der Waals surface area contributed by atoms with Gasteiger partial charge in [0.05, 0.1) is 29.6 Å². The van der Waals surface area contributed by atoms with E-state index in [1.54, 1.807) is 25.4 Å². The van der Waals surface area contributed by atoms with Crippen LogP contribution in [0.5, 0.6) is 11.5 Å². The van der Waals surface area contributed by atoms with Gasteiger partial charge in [-0.1, -0.05) is 18.2 Å². The average Bonchev–Trinajstić information content (AvgIpc) is 3.29. The Morgan fingerprint density at radius 3 is 2.82 bits per heavy atom. The Labute approximate surface area is 199 Å². The third-order valence-electron chi connectivity index (χ3n) is 5.66. The molecule has 7 heteroatoms. The molecule has 4 rings (SSSR count). The third-order valence-corrected chi connectivity index (χ3v) is 6.57. The van der Waals surface area contributed by atoms with E-state index in [9.17, 15) is 4.79 Å². The summed E-state index contributed by atoms with van der Waals surface area (Å²) in [6, 6.07) is 14.0. The van der Waals surface area contributed by atoms with Crippen LogP contribution in [0.3, 0.4) is 0 Å². The van der Waals surface area contributed by atoms with Gasteiger partial charge in [-0.25, -0.2) is 4.98 Å². The summed E-state index contributed by atoms with van der Waals surface area (Å²) in [4.78, 5) is 19.5. The number of anilines is 1. The van der Waals surface area contributed by atoms with E-state index in [-0.39, 0.29) is 5.91 Å². The standard InChI is InChI=1S/C26H30N2O4S/c1-18-8-4-5-9-23(18)31-14-7-6-13-28-22-16-20(10-11-24(22)32-19(2)26(28)29)21-17-33-25(27-21)12-15-30-3/h4-5,8-11,16-17,19H,6-7,12-15H2,1-3H3. The number of methoxy groups -OCH3 is 1. The largest absolute Gasteiger partial charge is 0.493 e. The van der Waals surface area contributed by atoms with Crippen LogP contribution in [-0.2, 0) is 16.0 Å². The maximum absolute atomic E-state index is 12.9. The molecule has 1 aliphatic rings. The topological polar surface area (TPSA) is 60.9 Å². The zero-order valence-electron chi connectivity index (χ0n) is 19.4. The van der Waals surface area contributed by atoms with Crippen molar-refractivity contribution < 1.29 is 19.0 Å². The first-order valence-corrected chi connectivity index (χ1v) is 12.2. The molecular formula is C26H30N2O4S. The van der Waals surface area contributed by atoms with E-state index >= 15 is 0 Å². The van der Waals surface area contributed by atoms with Crippen LogP contribution in [0.15, 0.2) is 47.8 Å². The zero-order valence-corrected chi connectivity index (χ0v) is 20.2. The normalized spacial score (nSPS) is 15.3. The van der Waals surface area contributed by atoms with Gasteiger partial charge in [0, 0.05) is 31.0 Å². The van der Waals surface area contributed by atoms with Gasteiger partial charge in [0.25, 0.3) is 5.91 Å². The molecule has 1 unspecified atom stereocenters. The lowest BCUT2D eigenvalue weighted by molar-refractivity contribution is -0.125. The minimum Gasteiger partial charge on any atom is -0.493 e. The van der Waals surface area contributed by atoms with Crippen LogP contribution in [0.2, 0.25) is 0 Å². The highest BCUT2D eigenvalue weighted by Gasteiger charge is 2.31. The molecule has 1 aromatic heterocycles. The van der Waals surface area contributed by atoms with E-state index in [0.717, 1.165) is 58.3 Å². The number of fused-ring (bicyclic) bond motifs is 1. The van der Waals surface area contributed by atoms with Crippen LogP contribution in [-0.4, -0.2) is 43.9 Å². The van der Waals surface area contributed by atoms with Crippen molar-refractivity contribution in [2.75, 3.05) is 31.8 Å². The first-order chi connectivity index (χ1) is 16.1. The molecule has 1 atom stereocenters. The molecule has 6 nitrogen and oxygen atoms in total. The summed E-state index contributed by atoms with van der Waals surface area (Å²) in [5.41, 5.74) is 3.82. The monoisotopic (exact) mass is 466 g/mol. The Kier molecular flexibility index (Phi) is 7.62. The fraction of sp³-hybridized carbons (Fsp3) is 0.385. The number of ether oxygens (including phenoxy) is 3. The smallest absolute Gasteiger partial charge is 0.267 e. The summed E-state index contributed by atoms with van der Waals surface area (Å²) in [5.74, 6) is 1.63. The molecule has 0 spiro atoms. The second-order valence-corrected chi connectivity index (χ2v) is 9.07. The highest BCUT2D eigenvalue weighted by molar-refractivity contribution is 7.09. The predicted octanol–water partition coefficient (Wildman–Crippen LogP) is 5.28. The first-order valence-electron chi connectivity index (χ1n) is 11.3. The summed E-state index contributed by atoms with van der Waals surface area (Å²) < 4.78 is 16.9. The van der Waals surface area contributed by atoms with E-state index in [4.69, 9.17) is 19.2 Å². The number of carbonyl (C=O) groups is 1. The van der Waals surface area contributed by atoms with Gasteiger partial charge in [-0.15, -0.1) is 11.3 Å². The second-order valence-electron chi connectivity index (χ2n) is 8.12. The van der Waals surface area contributed by atoms with Gasteiger partial charge in [0.1, 0.15) is 11.5 Å². The highest BCUT2D eigenvalue weighted by Crippen LogP contribution is 2.38. The van der Waals surface area contributed by atoms with Crippen LogP contribution in [0.1, 0.15) is 30.3 Å². The maximum Gasteiger partial charge on any atom is 0.267 e. The number of rotatable bonds is 10. The van der Waals surface area contributed by atoms with Crippen molar-refractivity contribution in [3.05, 3.63) is 58.4 Å². The lowest BCUT2D eigenvalue weighted by Gasteiger charge is -2.33. The Hall–Kier alpha value is -2.90. The molecule has 174 valence electrons. The Bertz CT molecular complexity index is 1100. The van der Waals surface area contributed by atoms with E-state index in [1.165, 1.54) is 0 Å². The van der Waals surface area contributed by atoms with Crippen LogP contribution in [0.25, 0.3) is 11.3 Å². The van der Waals surface area contributed by atoms with Crippen molar-refractivity contribution in [3.63, 3.8) is 0 Å². The van der Waals surface area contributed by atoms with Crippen LogP contribution in [0.4, 0.5) is 5.69 Å². The van der Waals surface area contributed by atoms with Crippen LogP contribution in [0, 0.1) is 6.92 Å². The quantitative estimate of drug-likeness (QED) is 0.381. The number of para-hydroxylation sites is 1. The van der Waals surface area contributed by atoms with Gasteiger partial charge in [0.2, 0.25) is 0 Å².